The summed E-state index contributed by atoms with van der Waals surface area (Å²) >= 11 is 0. The molecule has 0 amide bonds. The van der Waals surface area contributed by atoms with Gasteiger partial charge in [-0.3, -0.25) is 0 Å². The predicted octanol–water partition coefficient (Wildman–Crippen LogP) is 3.82. The lowest BCUT2D eigenvalue weighted by Crippen LogP contribution is -2.73. The summed E-state index contributed by atoms with van der Waals surface area (Å²) in [6.07, 6.45) is -3.45. The van der Waals surface area contributed by atoms with Gasteiger partial charge in [0.05, 0.1) is 32.5 Å². The highest BCUT2D eigenvalue weighted by molar-refractivity contribution is 5.15. The smallest absolute Gasteiger partial charge is 0.187 e. The molecule has 5 atom stereocenters. The number of aliphatic hydroxyl groups is 1. The van der Waals surface area contributed by atoms with Gasteiger partial charge in [-0.1, -0.05) is 60.7 Å². The lowest BCUT2D eigenvalue weighted by molar-refractivity contribution is -0.426. The van der Waals surface area contributed by atoms with E-state index in [0.29, 0.717) is 13.2 Å². The van der Waals surface area contributed by atoms with Gasteiger partial charge in [-0.05, 0) is 38.8 Å². The molecular formula is C27H36O7. The van der Waals surface area contributed by atoms with Crippen LogP contribution in [-0.4, -0.2) is 60.4 Å². The van der Waals surface area contributed by atoms with Crippen LogP contribution in [0.1, 0.15) is 38.8 Å². The van der Waals surface area contributed by atoms with Gasteiger partial charge in [0, 0.05) is 0 Å². The van der Waals surface area contributed by atoms with Crippen molar-refractivity contribution in [2.45, 2.75) is 83.0 Å². The molecule has 34 heavy (non-hydrogen) atoms. The molecule has 0 bridgehead atoms. The van der Waals surface area contributed by atoms with E-state index in [1.807, 2.05) is 88.4 Å². The Morgan fingerprint density at radius 3 is 2.18 bits per heavy atom. The minimum absolute atomic E-state index is 0.157. The van der Waals surface area contributed by atoms with Gasteiger partial charge >= 0.3 is 0 Å². The molecule has 0 saturated carbocycles. The first-order valence-electron chi connectivity index (χ1n) is 11.9. The Labute approximate surface area is 201 Å². The van der Waals surface area contributed by atoms with Crippen LogP contribution in [0.25, 0.3) is 0 Å². The van der Waals surface area contributed by atoms with Crippen LogP contribution < -0.4 is 0 Å². The molecule has 2 aliphatic heterocycles. The Hall–Kier alpha value is -1.84. The van der Waals surface area contributed by atoms with E-state index in [4.69, 9.17) is 28.4 Å². The predicted molar refractivity (Wildman–Crippen MR) is 126 cm³/mol. The Morgan fingerprint density at radius 2 is 1.56 bits per heavy atom. The van der Waals surface area contributed by atoms with Crippen LogP contribution in [0, 0.1) is 0 Å². The minimum atomic E-state index is -1.05. The second-order valence-electron chi connectivity index (χ2n) is 9.69. The molecule has 186 valence electrons. The molecule has 2 aromatic rings. The molecule has 2 heterocycles. The molecule has 2 saturated heterocycles. The Balaban J connectivity index is 1.58. The zero-order valence-corrected chi connectivity index (χ0v) is 20.4. The van der Waals surface area contributed by atoms with Crippen LogP contribution in [0.3, 0.4) is 0 Å². The molecule has 2 fully saturated rings. The number of benzene rings is 2. The van der Waals surface area contributed by atoms with E-state index in [2.05, 4.69) is 0 Å². The van der Waals surface area contributed by atoms with Gasteiger partial charge in [0.1, 0.15) is 23.9 Å². The summed E-state index contributed by atoms with van der Waals surface area (Å²) in [7, 11) is 0. The van der Waals surface area contributed by atoms with Crippen molar-refractivity contribution in [3.05, 3.63) is 71.8 Å². The second-order valence-corrected chi connectivity index (χ2v) is 9.69. The first-order valence-corrected chi connectivity index (χ1v) is 11.9. The van der Waals surface area contributed by atoms with E-state index >= 15 is 0 Å². The minimum Gasteiger partial charge on any atom is -0.385 e. The topological polar surface area (TPSA) is 75.6 Å². The zero-order chi connectivity index (χ0) is 24.2. The highest BCUT2D eigenvalue weighted by Crippen LogP contribution is 2.41. The van der Waals surface area contributed by atoms with Crippen molar-refractivity contribution in [1.82, 2.24) is 0 Å². The first-order chi connectivity index (χ1) is 16.3. The summed E-state index contributed by atoms with van der Waals surface area (Å²) in [6.45, 7) is 8.63. The van der Waals surface area contributed by atoms with Crippen LogP contribution in [0.15, 0.2) is 60.7 Å². The van der Waals surface area contributed by atoms with Gasteiger partial charge in [0.2, 0.25) is 0 Å². The average molecular weight is 473 g/mol. The largest absolute Gasteiger partial charge is 0.385 e. The van der Waals surface area contributed by atoms with Crippen molar-refractivity contribution >= 4 is 0 Å². The molecule has 4 rings (SSSR count). The number of hydrogen-bond acceptors (Lipinski definition) is 7. The van der Waals surface area contributed by atoms with Crippen LogP contribution in [0.2, 0.25) is 0 Å². The highest BCUT2D eigenvalue weighted by Gasteiger charge is 2.61. The average Bonchev–Trinajstić information content (AvgIpc) is 2.81. The summed E-state index contributed by atoms with van der Waals surface area (Å²) in [5.74, 6) is -0.864. The maximum Gasteiger partial charge on any atom is 0.187 e. The van der Waals surface area contributed by atoms with Gasteiger partial charge < -0.3 is 33.5 Å². The number of hydrogen-bond donors (Lipinski definition) is 1. The van der Waals surface area contributed by atoms with E-state index < -0.39 is 36.0 Å². The van der Waals surface area contributed by atoms with Crippen LogP contribution in [0.5, 0.6) is 0 Å². The van der Waals surface area contributed by atoms with Crippen molar-refractivity contribution in [3.8, 4) is 0 Å². The normalized spacial score (nSPS) is 30.8. The van der Waals surface area contributed by atoms with Crippen LogP contribution in [0.4, 0.5) is 0 Å². The fourth-order valence-corrected chi connectivity index (χ4v) is 4.33. The highest BCUT2D eigenvalue weighted by atomic mass is 16.8. The van der Waals surface area contributed by atoms with Crippen molar-refractivity contribution in [3.63, 3.8) is 0 Å². The molecule has 0 aromatic heterocycles. The third-order valence-electron chi connectivity index (χ3n) is 6.01. The zero-order valence-electron chi connectivity index (χ0n) is 20.4. The summed E-state index contributed by atoms with van der Waals surface area (Å²) < 4.78 is 37.1. The van der Waals surface area contributed by atoms with Crippen molar-refractivity contribution in [1.29, 1.82) is 0 Å². The maximum atomic E-state index is 11.2. The third kappa shape index (κ3) is 6.04. The van der Waals surface area contributed by atoms with Crippen molar-refractivity contribution < 1.29 is 33.5 Å². The summed E-state index contributed by atoms with van der Waals surface area (Å²) in [4.78, 5) is 0. The van der Waals surface area contributed by atoms with Crippen molar-refractivity contribution in [2.75, 3.05) is 13.2 Å². The Bertz CT molecular complexity index is 888. The molecule has 1 N–H and O–H groups in total. The molecule has 0 unspecified atom stereocenters. The fourth-order valence-electron chi connectivity index (χ4n) is 4.33. The summed E-state index contributed by atoms with van der Waals surface area (Å²) in [6, 6.07) is 19.8. The quantitative estimate of drug-likeness (QED) is 0.595. The SMILES string of the molecule is CC(C)O[C@@H]1O[C@]2(COCc3ccccc3)COC(C)(C)O[C@H]2[C@H](OCc2ccccc2)[C@H]1O. The fraction of sp³-hybridized carbons (Fsp3) is 0.556. The Kier molecular flexibility index (Phi) is 8.05. The summed E-state index contributed by atoms with van der Waals surface area (Å²) in [5.41, 5.74) is 1.04. The molecule has 7 nitrogen and oxygen atoms in total. The van der Waals surface area contributed by atoms with Crippen molar-refractivity contribution in [2.24, 2.45) is 0 Å². The third-order valence-corrected chi connectivity index (χ3v) is 6.01. The number of fused-ring (bicyclic) bond motifs is 1. The molecule has 2 aromatic carbocycles. The van der Waals surface area contributed by atoms with Gasteiger partial charge in [-0.15, -0.1) is 0 Å². The molecule has 0 aliphatic carbocycles. The number of aliphatic hydroxyl groups excluding tert-OH is 1. The van der Waals surface area contributed by atoms with E-state index in [0.717, 1.165) is 11.1 Å². The first kappa shape index (κ1) is 25.3. The van der Waals surface area contributed by atoms with E-state index in [1.54, 1.807) is 0 Å². The van der Waals surface area contributed by atoms with Gasteiger partial charge in [0.25, 0.3) is 0 Å². The standard InChI is InChI=1S/C27H36O7/c1-19(2)32-25-22(28)23(30-16-21-13-9-6-10-14-21)24-27(34-25,18-31-26(3,4)33-24)17-29-15-20-11-7-5-8-12-20/h5-14,19,22-25,28H,15-18H2,1-4H3/t22-,23-,24+,25-,27-/m1/s1. The lowest BCUT2D eigenvalue weighted by Gasteiger charge is -2.56. The van der Waals surface area contributed by atoms with Gasteiger partial charge in [-0.25, -0.2) is 0 Å². The van der Waals surface area contributed by atoms with E-state index in [1.165, 1.54) is 0 Å². The van der Waals surface area contributed by atoms with Gasteiger partial charge in [0.15, 0.2) is 12.1 Å². The molecule has 0 radical (unpaired) electrons. The van der Waals surface area contributed by atoms with E-state index in [9.17, 15) is 5.11 Å². The molecule has 0 spiro atoms. The summed E-state index contributed by atoms with van der Waals surface area (Å²) in [5, 5.41) is 11.2. The molecule has 7 heteroatoms. The second kappa shape index (κ2) is 10.8. The van der Waals surface area contributed by atoms with Crippen LogP contribution in [-0.2, 0) is 41.6 Å². The maximum absolute atomic E-state index is 11.2. The number of ether oxygens (including phenoxy) is 6. The lowest BCUT2D eigenvalue weighted by atomic mass is 9.85. The Morgan fingerprint density at radius 1 is 0.941 bits per heavy atom. The molecular weight excluding hydrogens is 436 g/mol. The van der Waals surface area contributed by atoms with Gasteiger partial charge in [-0.2, -0.15) is 0 Å². The van der Waals surface area contributed by atoms with Crippen LogP contribution >= 0.6 is 0 Å². The monoisotopic (exact) mass is 472 g/mol. The number of rotatable bonds is 9. The molecule has 2 aliphatic rings. The van der Waals surface area contributed by atoms with E-state index in [-0.39, 0.29) is 19.3 Å².